The SMILES string of the molecule is CC(C)c1ccc(C(F)(F)F)cc1.CC(C)c1ccccc1.Cc1ccccc1C(C)C.Cc1ccccc1C(C)C. The fraction of sp³-hybridized carbons (Fsp3) is 0.385. The molecule has 0 radical (unpaired) electrons. The van der Waals surface area contributed by atoms with Crippen molar-refractivity contribution in [2.75, 3.05) is 0 Å². The molecule has 4 aromatic rings. The molecule has 4 rings (SSSR count). The molecule has 0 amide bonds. The third kappa shape index (κ3) is 13.6. The molecule has 0 aliphatic rings. The van der Waals surface area contributed by atoms with Crippen LogP contribution in [-0.4, -0.2) is 0 Å². The second kappa shape index (κ2) is 18.3. The Bertz CT molecular complexity index is 1220. The first-order valence-electron chi connectivity index (χ1n) is 15.0. The van der Waals surface area contributed by atoms with Crippen LogP contribution in [0.1, 0.15) is 118 Å². The van der Waals surface area contributed by atoms with E-state index >= 15 is 0 Å². The highest BCUT2D eigenvalue weighted by molar-refractivity contribution is 5.29. The average Bonchev–Trinajstić information content (AvgIpc) is 2.94. The van der Waals surface area contributed by atoms with Gasteiger partial charge in [0.2, 0.25) is 0 Å². The fourth-order valence-corrected chi connectivity index (χ4v) is 4.36. The van der Waals surface area contributed by atoms with Crippen molar-refractivity contribution in [1.29, 1.82) is 0 Å². The molecule has 0 fully saturated rings. The van der Waals surface area contributed by atoms with Gasteiger partial charge in [0.1, 0.15) is 0 Å². The van der Waals surface area contributed by atoms with Crippen molar-refractivity contribution in [1.82, 2.24) is 0 Å². The number of halogens is 3. The van der Waals surface area contributed by atoms with Crippen molar-refractivity contribution in [3.05, 3.63) is 142 Å². The number of alkyl halides is 3. The third-order valence-corrected chi connectivity index (χ3v) is 6.99. The monoisotopic (exact) mass is 576 g/mol. The van der Waals surface area contributed by atoms with Crippen molar-refractivity contribution in [3.8, 4) is 0 Å². The highest BCUT2D eigenvalue weighted by atomic mass is 19.4. The van der Waals surface area contributed by atoms with Crippen LogP contribution in [0.3, 0.4) is 0 Å². The first kappa shape index (κ1) is 36.7. The van der Waals surface area contributed by atoms with Crippen molar-refractivity contribution in [2.45, 2.75) is 99.1 Å². The summed E-state index contributed by atoms with van der Waals surface area (Å²) in [6, 6.07) is 32.9. The predicted octanol–water partition coefficient (Wildman–Crippen LogP) is 12.9. The van der Waals surface area contributed by atoms with Gasteiger partial charge in [-0.15, -0.1) is 0 Å². The molecule has 0 N–H and O–H groups in total. The van der Waals surface area contributed by atoms with Crippen LogP contribution in [0, 0.1) is 13.8 Å². The topological polar surface area (TPSA) is 0 Å². The standard InChI is InChI=1S/C10H11F3.2C10H14.C9H12/c1-7(2)8-3-5-9(6-4-8)10(11,12)13;2*1-8(2)10-7-5-4-6-9(10)3;1-8(2)9-6-4-3-5-7-9/h3-7H,1-2H3;2*4-8H,1-3H3;3-8H,1-2H3. The van der Waals surface area contributed by atoms with Crippen LogP contribution in [0.25, 0.3) is 0 Å². The van der Waals surface area contributed by atoms with Crippen molar-refractivity contribution < 1.29 is 13.2 Å². The summed E-state index contributed by atoms with van der Waals surface area (Å²) in [5.41, 5.74) is 7.47. The molecule has 42 heavy (non-hydrogen) atoms. The van der Waals surface area contributed by atoms with E-state index in [0.29, 0.717) is 17.8 Å². The van der Waals surface area contributed by atoms with Gasteiger partial charge in [-0.05, 0) is 83.0 Å². The summed E-state index contributed by atoms with van der Waals surface area (Å²) in [6.45, 7) is 21.5. The zero-order chi connectivity index (χ0) is 31.9. The van der Waals surface area contributed by atoms with E-state index in [1.807, 2.05) is 19.9 Å². The van der Waals surface area contributed by atoms with E-state index in [9.17, 15) is 13.2 Å². The number of rotatable bonds is 4. The van der Waals surface area contributed by atoms with Gasteiger partial charge in [-0.25, -0.2) is 0 Å². The molecule has 3 heteroatoms. The number of hydrogen-bond donors (Lipinski definition) is 0. The Morgan fingerprint density at radius 3 is 1.00 bits per heavy atom. The van der Waals surface area contributed by atoms with Gasteiger partial charge in [0.05, 0.1) is 5.56 Å². The lowest BCUT2D eigenvalue weighted by atomic mass is 9.99. The van der Waals surface area contributed by atoms with Gasteiger partial charge in [0.25, 0.3) is 0 Å². The van der Waals surface area contributed by atoms with Crippen LogP contribution < -0.4 is 0 Å². The molecule has 0 atom stereocenters. The van der Waals surface area contributed by atoms with Crippen LogP contribution >= 0.6 is 0 Å². The van der Waals surface area contributed by atoms with E-state index in [1.165, 1.54) is 39.9 Å². The number of aryl methyl sites for hydroxylation is 2. The van der Waals surface area contributed by atoms with Gasteiger partial charge in [-0.3, -0.25) is 0 Å². The van der Waals surface area contributed by atoms with Crippen molar-refractivity contribution >= 4 is 0 Å². The van der Waals surface area contributed by atoms with Crippen LogP contribution in [0.4, 0.5) is 13.2 Å². The Labute approximate surface area is 254 Å². The van der Waals surface area contributed by atoms with Crippen LogP contribution in [0.2, 0.25) is 0 Å². The van der Waals surface area contributed by atoms with E-state index in [1.54, 1.807) is 0 Å². The largest absolute Gasteiger partial charge is 0.416 e. The lowest BCUT2D eigenvalue weighted by molar-refractivity contribution is -0.137. The zero-order valence-electron chi connectivity index (χ0n) is 27.3. The van der Waals surface area contributed by atoms with Crippen LogP contribution in [0.5, 0.6) is 0 Å². The quantitative estimate of drug-likeness (QED) is 0.227. The second-order valence-corrected chi connectivity index (χ2v) is 11.9. The number of benzene rings is 4. The highest BCUT2D eigenvalue weighted by Crippen LogP contribution is 2.30. The molecular formula is C39H51F3. The predicted molar refractivity (Wildman–Crippen MR) is 177 cm³/mol. The third-order valence-electron chi connectivity index (χ3n) is 6.99. The first-order valence-corrected chi connectivity index (χ1v) is 15.0. The Morgan fingerprint density at radius 1 is 0.405 bits per heavy atom. The lowest BCUT2D eigenvalue weighted by Crippen LogP contribution is -2.04. The highest BCUT2D eigenvalue weighted by Gasteiger charge is 2.29. The summed E-state index contributed by atoms with van der Waals surface area (Å²) in [4.78, 5) is 0. The maximum absolute atomic E-state index is 12.1. The van der Waals surface area contributed by atoms with Gasteiger partial charge in [-0.2, -0.15) is 13.2 Å². The van der Waals surface area contributed by atoms with Gasteiger partial charge in [0.15, 0.2) is 0 Å². The minimum atomic E-state index is -4.23. The van der Waals surface area contributed by atoms with Gasteiger partial charge < -0.3 is 0 Å². The molecule has 0 spiro atoms. The molecule has 0 aliphatic carbocycles. The van der Waals surface area contributed by atoms with E-state index in [-0.39, 0.29) is 5.92 Å². The van der Waals surface area contributed by atoms with Gasteiger partial charge in [-0.1, -0.05) is 146 Å². The Balaban J connectivity index is 0.000000283. The molecule has 0 aromatic heterocycles. The summed E-state index contributed by atoms with van der Waals surface area (Å²) < 4.78 is 36.4. The maximum atomic E-state index is 12.1. The van der Waals surface area contributed by atoms with E-state index in [2.05, 4.69) is 128 Å². The molecule has 0 bridgehead atoms. The Morgan fingerprint density at radius 2 is 0.738 bits per heavy atom. The average molecular weight is 577 g/mol. The summed E-state index contributed by atoms with van der Waals surface area (Å²) in [7, 11) is 0. The van der Waals surface area contributed by atoms with E-state index in [0.717, 1.165) is 17.7 Å². The molecule has 0 nitrogen and oxygen atoms in total. The second-order valence-electron chi connectivity index (χ2n) is 11.9. The van der Waals surface area contributed by atoms with Crippen molar-refractivity contribution in [2.24, 2.45) is 0 Å². The maximum Gasteiger partial charge on any atom is 0.416 e. The summed E-state index contributed by atoms with van der Waals surface area (Å²) in [5.74, 6) is 2.23. The molecule has 0 saturated carbocycles. The Kier molecular flexibility index (Phi) is 16.0. The molecule has 0 aliphatic heterocycles. The normalized spacial score (nSPS) is 10.9. The van der Waals surface area contributed by atoms with Crippen molar-refractivity contribution in [3.63, 3.8) is 0 Å². The van der Waals surface area contributed by atoms with Gasteiger partial charge in [0, 0.05) is 0 Å². The zero-order valence-corrected chi connectivity index (χ0v) is 27.3. The Hall–Kier alpha value is -3.33. The first-order chi connectivity index (χ1) is 19.6. The molecule has 4 aromatic carbocycles. The summed E-state index contributed by atoms with van der Waals surface area (Å²) in [6.07, 6.45) is -4.23. The molecular weight excluding hydrogens is 525 g/mol. The van der Waals surface area contributed by atoms with Crippen LogP contribution in [0.15, 0.2) is 103 Å². The molecule has 0 saturated heterocycles. The number of hydrogen-bond acceptors (Lipinski definition) is 0. The van der Waals surface area contributed by atoms with Crippen LogP contribution in [-0.2, 0) is 6.18 Å². The minimum absolute atomic E-state index is 0.266. The molecule has 0 unspecified atom stereocenters. The van der Waals surface area contributed by atoms with Gasteiger partial charge >= 0.3 is 6.18 Å². The molecule has 0 heterocycles. The summed E-state index contributed by atoms with van der Waals surface area (Å²) in [5, 5.41) is 0. The summed E-state index contributed by atoms with van der Waals surface area (Å²) >= 11 is 0. The fourth-order valence-electron chi connectivity index (χ4n) is 4.36. The molecule has 228 valence electrons. The van der Waals surface area contributed by atoms with E-state index in [4.69, 9.17) is 0 Å². The smallest absolute Gasteiger partial charge is 0.166 e. The van der Waals surface area contributed by atoms with E-state index < -0.39 is 11.7 Å². The lowest BCUT2D eigenvalue weighted by Gasteiger charge is -2.09. The minimum Gasteiger partial charge on any atom is -0.166 e.